The zero-order valence-corrected chi connectivity index (χ0v) is 27.0. The lowest BCUT2D eigenvalue weighted by Crippen LogP contribution is -2.30. The van der Waals surface area contributed by atoms with Crippen molar-refractivity contribution in [2.24, 2.45) is 0 Å². The largest absolute Gasteiger partial charge is 0.325 e. The number of anilines is 2. The van der Waals surface area contributed by atoms with Crippen LogP contribution in [0.15, 0.2) is 138 Å². The molecule has 0 aliphatic rings. The van der Waals surface area contributed by atoms with Gasteiger partial charge in [0.2, 0.25) is 5.91 Å². The van der Waals surface area contributed by atoms with Gasteiger partial charge in [-0.1, -0.05) is 96.0 Å². The maximum atomic E-state index is 13.6. The summed E-state index contributed by atoms with van der Waals surface area (Å²) in [5, 5.41) is 9.10. The molecule has 6 nitrogen and oxygen atoms in total. The van der Waals surface area contributed by atoms with Crippen LogP contribution in [0.2, 0.25) is 10.0 Å². The quantitative estimate of drug-likeness (QED) is 0.103. The lowest BCUT2D eigenvalue weighted by Gasteiger charge is -2.19. The van der Waals surface area contributed by atoms with Crippen LogP contribution in [0.25, 0.3) is 6.08 Å². The molecule has 0 bridgehead atoms. The van der Waals surface area contributed by atoms with E-state index in [-0.39, 0.29) is 11.6 Å². The summed E-state index contributed by atoms with van der Waals surface area (Å²) < 4.78 is 0. The summed E-state index contributed by atoms with van der Waals surface area (Å²) in [7, 11) is 0. The SMILES string of the molecule is Cc1c(Cl)cccc1NC(=O)C(Sc1cccc(NC(=O)/C(=C/c2cccc(Cl)c2)NC(=O)c2ccccc2)c1)c1ccccc1. The lowest BCUT2D eigenvalue weighted by atomic mass is 10.1. The predicted octanol–water partition coefficient (Wildman–Crippen LogP) is 9.18. The van der Waals surface area contributed by atoms with E-state index >= 15 is 0 Å². The number of thioether (sulfide) groups is 1. The maximum absolute atomic E-state index is 13.6. The Balaban J connectivity index is 1.38. The molecule has 0 saturated heterocycles. The van der Waals surface area contributed by atoms with Gasteiger partial charge in [0, 0.05) is 31.9 Å². The number of halogens is 2. The Labute approximate surface area is 281 Å². The number of carbonyl (C=O) groups excluding carboxylic acids is 3. The Bertz CT molecular complexity index is 1900. The summed E-state index contributed by atoms with van der Waals surface area (Å²) >= 11 is 13.8. The van der Waals surface area contributed by atoms with Crippen LogP contribution in [0, 0.1) is 6.92 Å². The van der Waals surface area contributed by atoms with E-state index in [2.05, 4.69) is 16.0 Å². The first-order valence-corrected chi connectivity index (χ1v) is 15.9. The van der Waals surface area contributed by atoms with Gasteiger partial charge in [0.15, 0.2) is 0 Å². The Morgan fingerprint density at radius 3 is 2.17 bits per heavy atom. The van der Waals surface area contributed by atoms with Crippen LogP contribution in [0.1, 0.15) is 32.3 Å². The van der Waals surface area contributed by atoms with E-state index in [0.29, 0.717) is 32.5 Å². The van der Waals surface area contributed by atoms with Gasteiger partial charge in [-0.3, -0.25) is 14.4 Å². The molecule has 0 fully saturated rings. The smallest absolute Gasteiger partial charge is 0.272 e. The van der Waals surface area contributed by atoms with Crippen LogP contribution >= 0.6 is 35.0 Å². The number of benzene rings is 5. The highest BCUT2D eigenvalue weighted by atomic mass is 35.5. The van der Waals surface area contributed by atoms with Crippen LogP contribution in [0.3, 0.4) is 0 Å². The fourth-order valence-corrected chi connectivity index (χ4v) is 5.99. The van der Waals surface area contributed by atoms with Crippen molar-refractivity contribution in [3.63, 3.8) is 0 Å². The molecule has 0 heterocycles. The van der Waals surface area contributed by atoms with Crippen molar-refractivity contribution in [2.45, 2.75) is 17.1 Å². The van der Waals surface area contributed by atoms with E-state index in [1.54, 1.807) is 84.9 Å². The Kier molecular flexibility index (Phi) is 10.9. The minimum atomic E-state index is -0.603. The second kappa shape index (κ2) is 15.5. The standard InChI is InChI=1S/C37H29Cl2N3O3S/c1-24-31(39)19-10-20-32(24)41-37(45)34(26-12-4-2-5-13-26)46-30-18-9-17-29(23-30)40-36(44)33(22-25-11-8-16-28(38)21-25)42-35(43)27-14-6-3-7-15-27/h2-23,34H,1H3,(H,40,44)(H,41,45)(H,42,43)/b33-22-. The molecule has 0 spiro atoms. The number of nitrogens with one attached hydrogen (secondary N) is 3. The molecular weight excluding hydrogens is 637 g/mol. The molecule has 0 saturated carbocycles. The minimum Gasteiger partial charge on any atom is -0.325 e. The average molecular weight is 667 g/mol. The minimum absolute atomic E-state index is 0.0348. The Morgan fingerprint density at radius 2 is 1.43 bits per heavy atom. The molecule has 0 aromatic heterocycles. The summed E-state index contributed by atoms with van der Waals surface area (Å²) in [6, 6.07) is 37.6. The molecule has 5 rings (SSSR count). The topological polar surface area (TPSA) is 87.3 Å². The van der Waals surface area contributed by atoms with Gasteiger partial charge in [-0.25, -0.2) is 0 Å². The maximum Gasteiger partial charge on any atom is 0.272 e. The molecule has 230 valence electrons. The molecule has 0 radical (unpaired) electrons. The van der Waals surface area contributed by atoms with Crippen molar-refractivity contribution in [1.82, 2.24) is 5.32 Å². The molecule has 5 aromatic carbocycles. The highest BCUT2D eigenvalue weighted by Crippen LogP contribution is 2.38. The zero-order valence-electron chi connectivity index (χ0n) is 24.7. The number of amides is 3. The van der Waals surface area contributed by atoms with E-state index in [1.165, 1.54) is 11.8 Å². The van der Waals surface area contributed by atoms with E-state index in [1.807, 2.05) is 55.5 Å². The fourth-order valence-electron chi connectivity index (χ4n) is 4.53. The van der Waals surface area contributed by atoms with Gasteiger partial charge < -0.3 is 16.0 Å². The lowest BCUT2D eigenvalue weighted by molar-refractivity contribution is -0.116. The van der Waals surface area contributed by atoms with Gasteiger partial charge in [-0.15, -0.1) is 11.8 Å². The van der Waals surface area contributed by atoms with Gasteiger partial charge >= 0.3 is 0 Å². The van der Waals surface area contributed by atoms with Crippen molar-refractivity contribution >= 4 is 70.1 Å². The summed E-state index contributed by atoms with van der Waals surface area (Å²) in [5.41, 5.74) is 3.79. The highest BCUT2D eigenvalue weighted by Gasteiger charge is 2.23. The predicted molar refractivity (Wildman–Crippen MR) is 188 cm³/mol. The molecule has 9 heteroatoms. The van der Waals surface area contributed by atoms with E-state index in [0.717, 1.165) is 16.0 Å². The second-order valence-corrected chi connectivity index (χ2v) is 12.2. The third-order valence-electron chi connectivity index (χ3n) is 6.90. The van der Waals surface area contributed by atoms with Crippen LogP contribution in [-0.2, 0) is 9.59 Å². The average Bonchev–Trinajstić information content (AvgIpc) is 3.06. The van der Waals surface area contributed by atoms with Crippen LogP contribution in [0.4, 0.5) is 11.4 Å². The van der Waals surface area contributed by atoms with Crippen LogP contribution in [0.5, 0.6) is 0 Å². The van der Waals surface area contributed by atoms with Crippen LogP contribution in [-0.4, -0.2) is 17.7 Å². The Hall–Kier alpha value is -4.82. The van der Waals surface area contributed by atoms with Gasteiger partial charge in [0.25, 0.3) is 11.8 Å². The first-order chi connectivity index (χ1) is 22.3. The summed E-state index contributed by atoms with van der Waals surface area (Å²) in [6.45, 7) is 1.85. The number of carbonyl (C=O) groups is 3. The highest BCUT2D eigenvalue weighted by molar-refractivity contribution is 8.00. The van der Waals surface area contributed by atoms with Crippen LogP contribution < -0.4 is 16.0 Å². The fraction of sp³-hybridized carbons (Fsp3) is 0.0541. The summed E-state index contributed by atoms with van der Waals surface area (Å²) in [4.78, 5) is 41.0. The second-order valence-electron chi connectivity index (χ2n) is 10.2. The van der Waals surface area contributed by atoms with Gasteiger partial charge in [-0.05, 0) is 84.3 Å². The van der Waals surface area contributed by atoms with Gasteiger partial charge in [-0.2, -0.15) is 0 Å². The molecule has 3 N–H and O–H groups in total. The molecule has 3 amide bonds. The normalized spacial score (nSPS) is 11.8. The molecule has 1 atom stereocenters. The van der Waals surface area contributed by atoms with Crippen molar-refractivity contribution < 1.29 is 14.4 Å². The van der Waals surface area contributed by atoms with Crippen molar-refractivity contribution in [3.05, 3.63) is 165 Å². The zero-order chi connectivity index (χ0) is 32.5. The van der Waals surface area contributed by atoms with E-state index in [9.17, 15) is 14.4 Å². The number of rotatable bonds is 10. The van der Waals surface area contributed by atoms with Gasteiger partial charge in [0.1, 0.15) is 10.9 Å². The first kappa shape index (κ1) is 32.6. The van der Waals surface area contributed by atoms with E-state index < -0.39 is 17.1 Å². The van der Waals surface area contributed by atoms with Gasteiger partial charge in [0.05, 0.1) is 0 Å². The molecular formula is C37H29Cl2N3O3S. The Morgan fingerprint density at radius 1 is 0.739 bits per heavy atom. The third-order valence-corrected chi connectivity index (χ3v) is 8.79. The molecule has 0 aliphatic carbocycles. The van der Waals surface area contributed by atoms with Crippen molar-refractivity contribution in [2.75, 3.05) is 10.6 Å². The van der Waals surface area contributed by atoms with Crippen molar-refractivity contribution in [1.29, 1.82) is 0 Å². The molecule has 1 unspecified atom stereocenters. The van der Waals surface area contributed by atoms with Crippen molar-refractivity contribution in [3.8, 4) is 0 Å². The summed E-state index contributed by atoms with van der Waals surface area (Å²) in [5.74, 6) is -1.17. The third kappa shape index (κ3) is 8.67. The summed E-state index contributed by atoms with van der Waals surface area (Å²) in [6.07, 6.45) is 1.56. The molecule has 46 heavy (non-hydrogen) atoms. The molecule has 0 aliphatic heterocycles. The monoisotopic (exact) mass is 665 g/mol. The number of hydrogen-bond donors (Lipinski definition) is 3. The molecule has 5 aromatic rings. The van der Waals surface area contributed by atoms with E-state index in [4.69, 9.17) is 23.2 Å². The first-order valence-electron chi connectivity index (χ1n) is 14.3. The number of hydrogen-bond acceptors (Lipinski definition) is 4.